The molecule has 1 N–H and O–H groups in total. The van der Waals surface area contributed by atoms with Gasteiger partial charge in [-0.15, -0.1) is 0 Å². The summed E-state index contributed by atoms with van der Waals surface area (Å²) in [7, 11) is 0. The topological polar surface area (TPSA) is 21.3 Å². The number of nitrogens with one attached hydrogen (secondary N) is 1. The van der Waals surface area contributed by atoms with Gasteiger partial charge in [0.05, 0.1) is 0 Å². The first-order valence-electron chi connectivity index (χ1n) is 6.03. The second kappa shape index (κ2) is 5.45. The van der Waals surface area contributed by atoms with E-state index in [1.807, 2.05) is 0 Å². The van der Waals surface area contributed by atoms with Crippen LogP contribution in [-0.2, 0) is 0 Å². The molecule has 0 amide bonds. The van der Waals surface area contributed by atoms with Crippen LogP contribution in [0.25, 0.3) is 0 Å². The van der Waals surface area contributed by atoms with Crippen molar-refractivity contribution in [2.24, 2.45) is 0 Å². The van der Waals surface area contributed by atoms with E-state index in [1.165, 1.54) is 12.1 Å². The van der Waals surface area contributed by atoms with E-state index in [-0.39, 0.29) is 11.9 Å². The standard InChI is InChI=1S/C13H17F2NO/c1-2-3-16-11-7-13(8-11)17-12-5-9(14)4-10(15)6-12/h4-6,11,13,16H,2-3,7-8H2,1H3. The fourth-order valence-corrected chi connectivity index (χ4v) is 1.97. The molecule has 1 aliphatic carbocycles. The Morgan fingerprint density at radius 3 is 2.47 bits per heavy atom. The molecule has 0 radical (unpaired) electrons. The lowest BCUT2D eigenvalue weighted by Gasteiger charge is -2.36. The van der Waals surface area contributed by atoms with Crippen molar-refractivity contribution in [3.63, 3.8) is 0 Å². The maximum atomic E-state index is 12.9. The molecular formula is C13H17F2NO. The van der Waals surface area contributed by atoms with Gasteiger partial charge in [0, 0.05) is 24.2 Å². The first-order chi connectivity index (χ1) is 8.17. The molecule has 1 fully saturated rings. The lowest BCUT2D eigenvalue weighted by Crippen LogP contribution is -2.46. The van der Waals surface area contributed by atoms with Crippen molar-refractivity contribution in [3.05, 3.63) is 29.8 Å². The van der Waals surface area contributed by atoms with Crippen molar-refractivity contribution in [2.45, 2.75) is 38.3 Å². The molecular weight excluding hydrogens is 224 g/mol. The van der Waals surface area contributed by atoms with Crippen molar-refractivity contribution in [1.82, 2.24) is 5.32 Å². The Labute approximate surface area is 100.0 Å². The van der Waals surface area contributed by atoms with Crippen LogP contribution in [0, 0.1) is 11.6 Å². The van der Waals surface area contributed by atoms with E-state index in [2.05, 4.69) is 12.2 Å². The molecule has 2 nitrogen and oxygen atoms in total. The van der Waals surface area contributed by atoms with Crippen LogP contribution in [0.5, 0.6) is 5.75 Å². The molecule has 1 saturated carbocycles. The molecule has 0 atom stereocenters. The summed E-state index contributed by atoms with van der Waals surface area (Å²) in [4.78, 5) is 0. The zero-order valence-electron chi connectivity index (χ0n) is 9.88. The molecule has 1 aliphatic rings. The zero-order chi connectivity index (χ0) is 12.3. The average Bonchev–Trinajstić information content (AvgIpc) is 2.19. The van der Waals surface area contributed by atoms with Gasteiger partial charge in [-0.3, -0.25) is 0 Å². The van der Waals surface area contributed by atoms with E-state index in [1.54, 1.807) is 0 Å². The van der Waals surface area contributed by atoms with Crippen LogP contribution in [0.2, 0.25) is 0 Å². The van der Waals surface area contributed by atoms with Gasteiger partial charge in [0.15, 0.2) is 0 Å². The van der Waals surface area contributed by atoms with Crippen LogP contribution in [0.3, 0.4) is 0 Å². The van der Waals surface area contributed by atoms with Crippen LogP contribution in [0.1, 0.15) is 26.2 Å². The molecule has 0 unspecified atom stereocenters. The van der Waals surface area contributed by atoms with Gasteiger partial charge in [-0.2, -0.15) is 0 Å². The summed E-state index contributed by atoms with van der Waals surface area (Å²) in [5.41, 5.74) is 0. The zero-order valence-corrected chi connectivity index (χ0v) is 9.88. The number of rotatable bonds is 5. The minimum Gasteiger partial charge on any atom is -0.490 e. The number of benzene rings is 1. The van der Waals surface area contributed by atoms with Crippen molar-refractivity contribution in [2.75, 3.05) is 6.54 Å². The van der Waals surface area contributed by atoms with Crippen LogP contribution >= 0.6 is 0 Å². The third kappa shape index (κ3) is 3.40. The van der Waals surface area contributed by atoms with Gasteiger partial charge in [-0.05, 0) is 25.8 Å². The maximum Gasteiger partial charge on any atom is 0.129 e. The highest BCUT2D eigenvalue weighted by Crippen LogP contribution is 2.26. The van der Waals surface area contributed by atoms with E-state index in [0.29, 0.717) is 6.04 Å². The van der Waals surface area contributed by atoms with Gasteiger partial charge in [0.25, 0.3) is 0 Å². The number of hydrogen-bond acceptors (Lipinski definition) is 2. The van der Waals surface area contributed by atoms with E-state index in [9.17, 15) is 8.78 Å². The quantitative estimate of drug-likeness (QED) is 0.855. The molecule has 1 aromatic rings. The molecule has 17 heavy (non-hydrogen) atoms. The Bertz CT molecular complexity index is 357. The van der Waals surface area contributed by atoms with E-state index < -0.39 is 11.6 Å². The number of hydrogen-bond donors (Lipinski definition) is 1. The molecule has 0 bridgehead atoms. The highest BCUT2D eigenvalue weighted by atomic mass is 19.1. The van der Waals surface area contributed by atoms with Crippen LogP contribution < -0.4 is 10.1 Å². The summed E-state index contributed by atoms with van der Waals surface area (Å²) in [6, 6.07) is 3.77. The Morgan fingerprint density at radius 2 is 1.88 bits per heavy atom. The Hall–Kier alpha value is -1.16. The van der Waals surface area contributed by atoms with Crippen molar-refractivity contribution < 1.29 is 13.5 Å². The Morgan fingerprint density at radius 1 is 1.24 bits per heavy atom. The summed E-state index contributed by atoms with van der Waals surface area (Å²) in [5, 5.41) is 3.38. The van der Waals surface area contributed by atoms with Crippen molar-refractivity contribution in [3.8, 4) is 5.75 Å². The van der Waals surface area contributed by atoms with E-state index in [4.69, 9.17) is 4.74 Å². The fraction of sp³-hybridized carbons (Fsp3) is 0.538. The normalized spacial score (nSPS) is 23.2. The molecule has 0 saturated heterocycles. The SMILES string of the molecule is CCCNC1CC(Oc2cc(F)cc(F)c2)C1. The highest BCUT2D eigenvalue weighted by molar-refractivity contribution is 5.24. The summed E-state index contributed by atoms with van der Waals surface area (Å²) in [6.07, 6.45) is 2.98. The summed E-state index contributed by atoms with van der Waals surface area (Å²) >= 11 is 0. The van der Waals surface area contributed by atoms with Crippen molar-refractivity contribution >= 4 is 0 Å². The minimum atomic E-state index is -0.597. The molecule has 2 rings (SSSR count). The van der Waals surface area contributed by atoms with Crippen LogP contribution in [0.15, 0.2) is 18.2 Å². The first kappa shape index (κ1) is 12.3. The van der Waals surface area contributed by atoms with Gasteiger partial charge >= 0.3 is 0 Å². The third-order valence-electron chi connectivity index (χ3n) is 2.92. The Balaban J connectivity index is 1.79. The van der Waals surface area contributed by atoms with Crippen LogP contribution in [-0.4, -0.2) is 18.7 Å². The van der Waals surface area contributed by atoms with Gasteiger partial charge < -0.3 is 10.1 Å². The summed E-state index contributed by atoms with van der Waals surface area (Å²) < 4.78 is 31.3. The van der Waals surface area contributed by atoms with Gasteiger partial charge in [-0.25, -0.2) is 8.78 Å². The highest BCUT2D eigenvalue weighted by Gasteiger charge is 2.30. The molecule has 0 aromatic heterocycles. The number of halogens is 2. The molecule has 0 heterocycles. The van der Waals surface area contributed by atoms with E-state index >= 15 is 0 Å². The first-order valence-corrected chi connectivity index (χ1v) is 6.03. The predicted molar refractivity (Wildman–Crippen MR) is 62.1 cm³/mol. The van der Waals surface area contributed by atoms with Crippen LogP contribution in [0.4, 0.5) is 8.78 Å². The maximum absolute atomic E-state index is 12.9. The third-order valence-corrected chi connectivity index (χ3v) is 2.92. The molecule has 94 valence electrons. The second-order valence-corrected chi connectivity index (χ2v) is 4.47. The number of ether oxygens (including phenoxy) is 1. The summed E-state index contributed by atoms with van der Waals surface area (Å²) in [6.45, 7) is 3.13. The summed E-state index contributed by atoms with van der Waals surface area (Å²) in [5.74, 6) is -0.915. The van der Waals surface area contributed by atoms with Gasteiger partial charge in [0.1, 0.15) is 23.5 Å². The van der Waals surface area contributed by atoms with Gasteiger partial charge in [0.2, 0.25) is 0 Å². The Kier molecular flexibility index (Phi) is 3.94. The largest absolute Gasteiger partial charge is 0.490 e. The molecule has 0 aliphatic heterocycles. The van der Waals surface area contributed by atoms with Crippen molar-refractivity contribution in [1.29, 1.82) is 0 Å². The minimum absolute atomic E-state index is 0.0746. The predicted octanol–water partition coefficient (Wildman–Crippen LogP) is 2.87. The molecule has 4 heteroatoms. The molecule has 1 aromatic carbocycles. The smallest absolute Gasteiger partial charge is 0.129 e. The average molecular weight is 241 g/mol. The fourth-order valence-electron chi connectivity index (χ4n) is 1.97. The van der Waals surface area contributed by atoms with Gasteiger partial charge in [-0.1, -0.05) is 6.92 Å². The second-order valence-electron chi connectivity index (χ2n) is 4.47. The monoisotopic (exact) mass is 241 g/mol. The molecule has 0 spiro atoms. The van der Waals surface area contributed by atoms with E-state index in [0.717, 1.165) is 31.9 Å². The lowest BCUT2D eigenvalue weighted by atomic mass is 9.89. The lowest BCUT2D eigenvalue weighted by molar-refractivity contribution is 0.0846.